The molecule has 0 rings (SSSR count). The maximum absolute atomic E-state index is 5.77. The molecule has 18 heavy (non-hydrogen) atoms. The fourth-order valence-corrected chi connectivity index (χ4v) is 2.29. The highest BCUT2D eigenvalue weighted by atomic mass is 15.1. The lowest BCUT2D eigenvalue weighted by molar-refractivity contribution is 0.240. The molecule has 0 aromatic carbocycles. The van der Waals surface area contributed by atoms with E-state index in [2.05, 4.69) is 37.5 Å². The van der Waals surface area contributed by atoms with E-state index in [1.807, 2.05) is 0 Å². The Morgan fingerprint density at radius 2 is 1.28 bits per heavy atom. The van der Waals surface area contributed by atoms with Gasteiger partial charge < -0.3 is 15.5 Å². The first-order chi connectivity index (χ1) is 8.63. The van der Waals surface area contributed by atoms with E-state index in [4.69, 9.17) is 5.73 Å². The molecule has 0 amide bonds. The maximum Gasteiger partial charge on any atom is 0.00104 e. The summed E-state index contributed by atoms with van der Waals surface area (Å²) in [5.41, 5.74) is 5.77. The van der Waals surface area contributed by atoms with E-state index in [9.17, 15) is 0 Å². The summed E-state index contributed by atoms with van der Waals surface area (Å²) in [7, 11) is 0. The van der Waals surface area contributed by atoms with Crippen molar-refractivity contribution in [1.29, 1.82) is 0 Å². The standard InChI is InChI=1S/C15H35N3/c1-5-17(6-2)13-10-14-18(7-3)12-9-8-11-15(4)16/h15H,5-14,16H2,1-4H3. The summed E-state index contributed by atoms with van der Waals surface area (Å²) in [5, 5.41) is 0. The van der Waals surface area contributed by atoms with Crippen LogP contribution in [0.3, 0.4) is 0 Å². The summed E-state index contributed by atoms with van der Waals surface area (Å²) in [6, 6.07) is 0.364. The van der Waals surface area contributed by atoms with Gasteiger partial charge in [-0.05, 0) is 65.5 Å². The number of hydrogen-bond donors (Lipinski definition) is 1. The minimum atomic E-state index is 0.364. The van der Waals surface area contributed by atoms with Crippen molar-refractivity contribution in [2.45, 2.75) is 59.4 Å². The molecule has 0 fully saturated rings. The molecule has 0 aliphatic carbocycles. The molecule has 0 bridgehead atoms. The SMILES string of the molecule is CCN(CC)CCCN(CC)CCCCC(C)N. The van der Waals surface area contributed by atoms with Crippen molar-refractivity contribution >= 4 is 0 Å². The minimum absolute atomic E-state index is 0.364. The molecule has 110 valence electrons. The molecule has 2 N–H and O–H groups in total. The molecule has 3 heteroatoms. The molecule has 1 unspecified atom stereocenters. The zero-order chi connectivity index (χ0) is 13.8. The second-order valence-corrected chi connectivity index (χ2v) is 5.29. The van der Waals surface area contributed by atoms with Gasteiger partial charge in [0.05, 0.1) is 0 Å². The number of unbranched alkanes of at least 4 members (excludes halogenated alkanes) is 1. The normalized spacial score (nSPS) is 13.5. The smallest absolute Gasteiger partial charge is 0.00104 e. The highest BCUT2D eigenvalue weighted by molar-refractivity contribution is 4.61. The van der Waals surface area contributed by atoms with Gasteiger partial charge in [0, 0.05) is 6.04 Å². The molecule has 1 atom stereocenters. The van der Waals surface area contributed by atoms with E-state index in [1.54, 1.807) is 0 Å². The van der Waals surface area contributed by atoms with Gasteiger partial charge in [-0.2, -0.15) is 0 Å². The molecular formula is C15H35N3. The summed E-state index contributed by atoms with van der Waals surface area (Å²) < 4.78 is 0. The molecule has 0 saturated carbocycles. The van der Waals surface area contributed by atoms with Crippen LogP contribution < -0.4 is 5.73 Å². The summed E-state index contributed by atoms with van der Waals surface area (Å²) in [6.07, 6.45) is 5.02. The first-order valence-corrected chi connectivity index (χ1v) is 7.84. The molecule has 0 aromatic heterocycles. The van der Waals surface area contributed by atoms with Crippen LogP contribution in [0.1, 0.15) is 53.4 Å². The number of nitrogens with zero attached hydrogens (tertiary/aromatic N) is 2. The largest absolute Gasteiger partial charge is 0.328 e. The highest BCUT2D eigenvalue weighted by Crippen LogP contribution is 2.02. The third-order valence-corrected chi connectivity index (χ3v) is 3.67. The van der Waals surface area contributed by atoms with Crippen LogP contribution in [0.5, 0.6) is 0 Å². The van der Waals surface area contributed by atoms with Gasteiger partial charge in [0.2, 0.25) is 0 Å². The van der Waals surface area contributed by atoms with Crippen LogP contribution in [0.2, 0.25) is 0 Å². The van der Waals surface area contributed by atoms with Crippen molar-refractivity contribution in [1.82, 2.24) is 9.80 Å². The van der Waals surface area contributed by atoms with E-state index in [1.165, 1.54) is 58.5 Å². The average Bonchev–Trinajstić information content (AvgIpc) is 2.36. The molecule has 0 aliphatic rings. The number of rotatable bonds is 12. The van der Waals surface area contributed by atoms with Crippen molar-refractivity contribution in [2.24, 2.45) is 5.73 Å². The van der Waals surface area contributed by atoms with E-state index in [0.29, 0.717) is 6.04 Å². The number of hydrogen-bond acceptors (Lipinski definition) is 3. The molecule has 0 spiro atoms. The number of nitrogens with two attached hydrogens (primary N) is 1. The molecule has 0 aliphatic heterocycles. The topological polar surface area (TPSA) is 32.5 Å². The minimum Gasteiger partial charge on any atom is -0.328 e. The van der Waals surface area contributed by atoms with Crippen LogP contribution in [-0.2, 0) is 0 Å². The molecule has 0 heterocycles. The van der Waals surface area contributed by atoms with Gasteiger partial charge in [-0.3, -0.25) is 0 Å². The lowest BCUT2D eigenvalue weighted by Crippen LogP contribution is -2.30. The highest BCUT2D eigenvalue weighted by Gasteiger charge is 2.04. The Morgan fingerprint density at radius 1 is 0.778 bits per heavy atom. The zero-order valence-corrected chi connectivity index (χ0v) is 13.1. The molecule has 0 saturated heterocycles. The Labute approximate surface area is 115 Å². The Morgan fingerprint density at radius 3 is 1.78 bits per heavy atom. The van der Waals surface area contributed by atoms with Crippen molar-refractivity contribution in [3.05, 3.63) is 0 Å². The van der Waals surface area contributed by atoms with Gasteiger partial charge in [-0.15, -0.1) is 0 Å². The Bertz CT molecular complexity index is 167. The van der Waals surface area contributed by atoms with E-state index < -0.39 is 0 Å². The van der Waals surface area contributed by atoms with E-state index >= 15 is 0 Å². The van der Waals surface area contributed by atoms with E-state index in [-0.39, 0.29) is 0 Å². The van der Waals surface area contributed by atoms with Crippen LogP contribution in [0.4, 0.5) is 0 Å². The van der Waals surface area contributed by atoms with Crippen LogP contribution in [0.15, 0.2) is 0 Å². The van der Waals surface area contributed by atoms with Crippen molar-refractivity contribution < 1.29 is 0 Å². The fourth-order valence-electron chi connectivity index (χ4n) is 2.29. The lowest BCUT2D eigenvalue weighted by Gasteiger charge is -2.23. The van der Waals surface area contributed by atoms with Gasteiger partial charge >= 0.3 is 0 Å². The third-order valence-electron chi connectivity index (χ3n) is 3.67. The fraction of sp³-hybridized carbons (Fsp3) is 1.00. The summed E-state index contributed by atoms with van der Waals surface area (Å²) in [6.45, 7) is 16.1. The Balaban J connectivity index is 3.57. The van der Waals surface area contributed by atoms with Crippen molar-refractivity contribution in [3.63, 3.8) is 0 Å². The molecule has 0 aromatic rings. The maximum atomic E-state index is 5.77. The zero-order valence-electron chi connectivity index (χ0n) is 13.1. The van der Waals surface area contributed by atoms with Gasteiger partial charge in [-0.1, -0.05) is 27.2 Å². The predicted octanol–water partition coefficient (Wildman–Crippen LogP) is 2.56. The van der Waals surface area contributed by atoms with Crippen LogP contribution in [0, 0.1) is 0 Å². The first-order valence-electron chi connectivity index (χ1n) is 7.84. The summed E-state index contributed by atoms with van der Waals surface area (Å²) in [5.74, 6) is 0. The second-order valence-electron chi connectivity index (χ2n) is 5.29. The first kappa shape index (κ1) is 17.9. The van der Waals surface area contributed by atoms with Crippen LogP contribution >= 0.6 is 0 Å². The summed E-state index contributed by atoms with van der Waals surface area (Å²) >= 11 is 0. The van der Waals surface area contributed by atoms with E-state index in [0.717, 1.165) is 6.42 Å². The van der Waals surface area contributed by atoms with Gasteiger partial charge in [0.25, 0.3) is 0 Å². The second kappa shape index (κ2) is 11.9. The quantitative estimate of drug-likeness (QED) is 0.545. The molecule has 0 radical (unpaired) electrons. The Hall–Kier alpha value is -0.120. The monoisotopic (exact) mass is 257 g/mol. The predicted molar refractivity (Wildman–Crippen MR) is 82.0 cm³/mol. The van der Waals surface area contributed by atoms with Gasteiger partial charge in [0.15, 0.2) is 0 Å². The lowest BCUT2D eigenvalue weighted by atomic mass is 10.1. The van der Waals surface area contributed by atoms with Gasteiger partial charge in [0.1, 0.15) is 0 Å². The van der Waals surface area contributed by atoms with Crippen LogP contribution in [0.25, 0.3) is 0 Å². The third kappa shape index (κ3) is 9.86. The van der Waals surface area contributed by atoms with Crippen molar-refractivity contribution in [2.75, 3.05) is 39.3 Å². The van der Waals surface area contributed by atoms with Crippen LogP contribution in [-0.4, -0.2) is 55.1 Å². The average molecular weight is 257 g/mol. The van der Waals surface area contributed by atoms with Gasteiger partial charge in [-0.25, -0.2) is 0 Å². The molecular weight excluding hydrogens is 222 g/mol. The Kier molecular flexibility index (Phi) is 11.9. The van der Waals surface area contributed by atoms with Crippen molar-refractivity contribution in [3.8, 4) is 0 Å². The molecule has 3 nitrogen and oxygen atoms in total. The summed E-state index contributed by atoms with van der Waals surface area (Å²) in [4.78, 5) is 5.08.